The zero-order chi connectivity index (χ0) is 7.14. The predicted octanol–water partition coefficient (Wildman–Crippen LogP) is 2.17. The zero-order valence-electron chi connectivity index (χ0n) is 6.48. The Morgan fingerprint density at radius 3 is 2.90 bits per heavy atom. The molecule has 0 saturated heterocycles. The molecule has 0 radical (unpaired) electrons. The van der Waals surface area contributed by atoms with Crippen molar-refractivity contribution < 1.29 is 0 Å². The molecular weight excluding hydrogens is 142 g/mol. The number of allylic oxidation sites excluding steroid dienone is 2. The lowest BCUT2D eigenvalue weighted by molar-refractivity contribution is 0.556. The van der Waals surface area contributed by atoms with E-state index in [1.807, 2.05) is 11.8 Å². The Morgan fingerprint density at radius 2 is 2.20 bits per heavy atom. The van der Waals surface area contributed by atoms with Gasteiger partial charge in [0.2, 0.25) is 0 Å². The minimum atomic E-state index is 0.792. The Labute approximate surface area is 66.3 Å². The fraction of sp³-hybridized carbons (Fsp3) is 0.750. The summed E-state index contributed by atoms with van der Waals surface area (Å²) in [6.07, 6.45) is 1.35. The molecule has 2 unspecified atom stereocenters. The quantitative estimate of drug-likeness (QED) is 0.575. The van der Waals surface area contributed by atoms with Gasteiger partial charge in [0.05, 0.1) is 5.88 Å². The molecule has 0 aromatic rings. The fourth-order valence-corrected chi connectivity index (χ4v) is 3.13. The first-order valence-electron chi connectivity index (χ1n) is 3.89. The smallest absolute Gasteiger partial charge is 0.0652 e. The lowest BCUT2D eigenvalue weighted by Gasteiger charge is -2.08. The van der Waals surface area contributed by atoms with Crippen molar-refractivity contribution in [1.82, 2.24) is 5.32 Å². The summed E-state index contributed by atoms with van der Waals surface area (Å²) in [5.74, 6) is 2.73. The van der Waals surface area contributed by atoms with Crippen LogP contribution in [0.15, 0.2) is 10.6 Å². The summed E-state index contributed by atoms with van der Waals surface area (Å²) >= 11 is 1.99. The first kappa shape index (κ1) is 6.59. The van der Waals surface area contributed by atoms with E-state index in [1.165, 1.54) is 12.1 Å². The molecule has 0 fully saturated rings. The topological polar surface area (TPSA) is 12.0 Å². The zero-order valence-corrected chi connectivity index (χ0v) is 7.29. The highest BCUT2D eigenvalue weighted by molar-refractivity contribution is 8.03. The van der Waals surface area contributed by atoms with Crippen LogP contribution in [0.2, 0.25) is 0 Å². The Bertz CT molecular complexity index is 168. The van der Waals surface area contributed by atoms with Crippen LogP contribution < -0.4 is 5.32 Å². The minimum absolute atomic E-state index is 0.792. The van der Waals surface area contributed by atoms with Crippen LogP contribution in [0.5, 0.6) is 0 Å². The second-order valence-corrected chi connectivity index (χ2v) is 4.30. The molecule has 1 heterocycles. The third-order valence-corrected chi connectivity index (χ3v) is 3.63. The van der Waals surface area contributed by atoms with Gasteiger partial charge >= 0.3 is 0 Å². The van der Waals surface area contributed by atoms with Crippen LogP contribution in [0.4, 0.5) is 0 Å². The standard InChI is InChI=1S/C8H13NS/c1-5-3-6(2)8-7(5)9-4-10-8/h5-6,9H,3-4H2,1-2H3. The molecule has 2 aliphatic rings. The summed E-state index contributed by atoms with van der Waals surface area (Å²) in [5, 5.41) is 3.44. The van der Waals surface area contributed by atoms with Crippen molar-refractivity contribution in [2.45, 2.75) is 20.3 Å². The van der Waals surface area contributed by atoms with Gasteiger partial charge in [-0.25, -0.2) is 0 Å². The molecule has 0 amide bonds. The monoisotopic (exact) mass is 155 g/mol. The first-order chi connectivity index (χ1) is 4.79. The number of rotatable bonds is 0. The van der Waals surface area contributed by atoms with Gasteiger partial charge < -0.3 is 5.32 Å². The van der Waals surface area contributed by atoms with E-state index in [0.29, 0.717) is 0 Å². The van der Waals surface area contributed by atoms with Gasteiger partial charge in [-0.3, -0.25) is 0 Å². The van der Waals surface area contributed by atoms with E-state index >= 15 is 0 Å². The van der Waals surface area contributed by atoms with Gasteiger partial charge in [0, 0.05) is 10.6 Å². The molecule has 1 N–H and O–H groups in total. The minimum Gasteiger partial charge on any atom is -0.378 e. The highest BCUT2D eigenvalue weighted by Gasteiger charge is 2.31. The van der Waals surface area contributed by atoms with Gasteiger partial charge in [0.15, 0.2) is 0 Å². The molecule has 2 rings (SSSR count). The molecule has 1 aliphatic heterocycles. The lowest BCUT2D eigenvalue weighted by atomic mass is 10.1. The maximum Gasteiger partial charge on any atom is 0.0652 e. The van der Waals surface area contributed by atoms with E-state index in [4.69, 9.17) is 0 Å². The van der Waals surface area contributed by atoms with E-state index in [9.17, 15) is 0 Å². The second-order valence-electron chi connectivity index (χ2n) is 3.28. The molecule has 0 aromatic heterocycles. The van der Waals surface area contributed by atoms with Gasteiger partial charge in [0.25, 0.3) is 0 Å². The predicted molar refractivity (Wildman–Crippen MR) is 45.6 cm³/mol. The van der Waals surface area contributed by atoms with Gasteiger partial charge in [0.1, 0.15) is 0 Å². The average molecular weight is 155 g/mol. The van der Waals surface area contributed by atoms with E-state index in [1.54, 1.807) is 4.91 Å². The first-order valence-corrected chi connectivity index (χ1v) is 4.88. The summed E-state index contributed by atoms with van der Waals surface area (Å²) in [7, 11) is 0. The molecule has 56 valence electrons. The Hall–Kier alpha value is -0.110. The average Bonchev–Trinajstić information content (AvgIpc) is 2.39. The number of hydrogen-bond donors (Lipinski definition) is 1. The van der Waals surface area contributed by atoms with Crippen LogP contribution in [-0.2, 0) is 0 Å². The summed E-state index contributed by atoms with van der Waals surface area (Å²) < 4.78 is 0. The molecule has 2 atom stereocenters. The van der Waals surface area contributed by atoms with E-state index in [2.05, 4.69) is 19.2 Å². The van der Waals surface area contributed by atoms with E-state index < -0.39 is 0 Å². The van der Waals surface area contributed by atoms with Crippen LogP contribution in [0.25, 0.3) is 0 Å². The van der Waals surface area contributed by atoms with Crippen LogP contribution in [0.1, 0.15) is 20.3 Å². The van der Waals surface area contributed by atoms with Crippen LogP contribution >= 0.6 is 11.8 Å². The maximum atomic E-state index is 3.44. The molecular formula is C8H13NS. The number of nitrogens with one attached hydrogen (secondary N) is 1. The molecule has 1 aliphatic carbocycles. The largest absolute Gasteiger partial charge is 0.378 e. The van der Waals surface area contributed by atoms with Crippen molar-refractivity contribution in [3.63, 3.8) is 0 Å². The SMILES string of the molecule is CC1CC(C)C2=C1NCS2. The maximum absolute atomic E-state index is 3.44. The number of thioether (sulfide) groups is 1. The fourth-order valence-electron chi connectivity index (χ4n) is 1.94. The Morgan fingerprint density at radius 1 is 1.40 bits per heavy atom. The summed E-state index contributed by atoms with van der Waals surface area (Å²) in [5.41, 5.74) is 1.54. The second kappa shape index (κ2) is 2.19. The lowest BCUT2D eigenvalue weighted by Crippen LogP contribution is -2.11. The summed E-state index contributed by atoms with van der Waals surface area (Å²) in [4.78, 5) is 1.63. The third-order valence-electron chi connectivity index (χ3n) is 2.40. The molecule has 2 heteroatoms. The van der Waals surface area contributed by atoms with Crippen molar-refractivity contribution in [2.75, 3.05) is 5.88 Å². The third kappa shape index (κ3) is 0.782. The van der Waals surface area contributed by atoms with Gasteiger partial charge in [-0.15, -0.1) is 11.8 Å². The Kier molecular flexibility index (Phi) is 1.44. The molecule has 0 aromatic carbocycles. The van der Waals surface area contributed by atoms with Crippen molar-refractivity contribution in [3.05, 3.63) is 10.6 Å². The number of hydrogen-bond acceptors (Lipinski definition) is 2. The highest BCUT2D eigenvalue weighted by atomic mass is 32.2. The van der Waals surface area contributed by atoms with Gasteiger partial charge in [-0.05, 0) is 18.3 Å². The highest BCUT2D eigenvalue weighted by Crippen LogP contribution is 2.44. The molecule has 0 bridgehead atoms. The van der Waals surface area contributed by atoms with Crippen LogP contribution in [0, 0.1) is 11.8 Å². The molecule has 1 nitrogen and oxygen atoms in total. The van der Waals surface area contributed by atoms with Crippen molar-refractivity contribution in [3.8, 4) is 0 Å². The van der Waals surface area contributed by atoms with Crippen LogP contribution in [-0.4, -0.2) is 5.88 Å². The molecule has 0 saturated carbocycles. The van der Waals surface area contributed by atoms with Crippen LogP contribution in [0.3, 0.4) is 0 Å². The van der Waals surface area contributed by atoms with E-state index in [-0.39, 0.29) is 0 Å². The Balaban J connectivity index is 2.27. The molecule has 10 heavy (non-hydrogen) atoms. The molecule has 0 spiro atoms. The summed E-state index contributed by atoms with van der Waals surface area (Å²) in [6.45, 7) is 4.65. The normalized spacial score (nSPS) is 38.2. The van der Waals surface area contributed by atoms with Crippen molar-refractivity contribution >= 4 is 11.8 Å². The van der Waals surface area contributed by atoms with Gasteiger partial charge in [-0.2, -0.15) is 0 Å². The van der Waals surface area contributed by atoms with Gasteiger partial charge in [-0.1, -0.05) is 13.8 Å². The summed E-state index contributed by atoms with van der Waals surface area (Å²) in [6, 6.07) is 0. The van der Waals surface area contributed by atoms with E-state index in [0.717, 1.165) is 17.7 Å². The van der Waals surface area contributed by atoms with Crippen molar-refractivity contribution in [2.24, 2.45) is 11.8 Å². The van der Waals surface area contributed by atoms with Crippen molar-refractivity contribution in [1.29, 1.82) is 0 Å².